The lowest BCUT2D eigenvalue weighted by molar-refractivity contribution is -0.123. The number of amides is 2. The lowest BCUT2D eigenvalue weighted by Gasteiger charge is -2.17. The van der Waals surface area contributed by atoms with Crippen molar-refractivity contribution < 1.29 is 9.59 Å². The Bertz CT molecular complexity index is 843. The van der Waals surface area contributed by atoms with Crippen LogP contribution in [0.3, 0.4) is 0 Å². The molecule has 1 saturated carbocycles. The second-order valence-electron chi connectivity index (χ2n) is 7.21. The van der Waals surface area contributed by atoms with Gasteiger partial charge in [0.05, 0.1) is 17.5 Å². The van der Waals surface area contributed by atoms with Crippen LogP contribution in [0.15, 0.2) is 60.9 Å². The fourth-order valence-corrected chi connectivity index (χ4v) is 4.66. The molecule has 25 heavy (non-hydrogen) atoms. The molecule has 2 amide bonds. The number of aromatic nitrogens is 1. The van der Waals surface area contributed by atoms with Crippen LogP contribution in [0, 0.1) is 23.7 Å². The van der Waals surface area contributed by atoms with E-state index in [2.05, 4.69) is 17.1 Å². The molecular weight excluding hydrogens is 312 g/mol. The van der Waals surface area contributed by atoms with E-state index in [1.54, 1.807) is 12.4 Å². The number of carbonyl (C=O) groups excluding carboxylic acids is 2. The second-order valence-corrected chi connectivity index (χ2v) is 7.21. The van der Waals surface area contributed by atoms with Gasteiger partial charge in [-0.1, -0.05) is 24.3 Å². The Morgan fingerprint density at radius 1 is 0.840 bits per heavy atom. The third-order valence-electron chi connectivity index (χ3n) is 5.82. The number of rotatable bonds is 3. The van der Waals surface area contributed by atoms with E-state index in [1.807, 2.05) is 36.4 Å². The summed E-state index contributed by atoms with van der Waals surface area (Å²) in [5, 5.41) is 0. The van der Waals surface area contributed by atoms with Gasteiger partial charge in [0.15, 0.2) is 0 Å². The maximum atomic E-state index is 12.8. The number of imide groups is 1. The van der Waals surface area contributed by atoms with Crippen molar-refractivity contribution in [3.8, 4) is 0 Å². The Kier molecular flexibility index (Phi) is 3.14. The van der Waals surface area contributed by atoms with E-state index >= 15 is 0 Å². The molecule has 5 rings (SSSR count). The number of anilines is 1. The molecule has 3 aliphatic rings. The molecule has 1 aromatic carbocycles. The average molecular weight is 330 g/mol. The third-order valence-corrected chi connectivity index (χ3v) is 5.82. The number of hydrogen-bond donors (Lipinski definition) is 0. The van der Waals surface area contributed by atoms with Crippen molar-refractivity contribution in [2.45, 2.75) is 12.8 Å². The Morgan fingerprint density at radius 2 is 1.40 bits per heavy atom. The Labute approximate surface area is 146 Å². The van der Waals surface area contributed by atoms with E-state index in [4.69, 9.17) is 0 Å². The maximum Gasteiger partial charge on any atom is 0.238 e. The van der Waals surface area contributed by atoms with Gasteiger partial charge in [0.25, 0.3) is 0 Å². The lowest BCUT2D eigenvalue weighted by atomic mass is 9.85. The van der Waals surface area contributed by atoms with Crippen molar-refractivity contribution in [2.24, 2.45) is 23.7 Å². The van der Waals surface area contributed by atoms with Gasteiger partial charge in [0, 0.05) is 12.4 Å². The highest BCUT2D eigenvalue weighted by Crippen LogP contribution is 2.53. The summed E-state index contributed by atoms with van der Waals surface area (Å²) >= 11 is 0. The fourth-order valence-electron chi connectivity index (χ4n) is 4.66. The summed E-state index contributed by atoms with van der Waals surface area (Å²) < 4.78 is 0. The predicted molar refractivity (Wildman–Crippen MR) is 93.7 cm³/mol. The number of fused-ring (bicyclic) bond motifs is 5. The number of hydrogen-bond acceptors (Lipinski definition) is 3. The molecule has 2 bridgehead atoms. The van der Waals surface area contributed by atoms with Gasteiger partial charge in [0.2, 0.25) is 11.8 Å². The number of benzene rings is 1. The van der Waals surface area contributed by atoms with E-state index in [9.17, 15) is 9.59 Å². The molecule has 4 atom stereocenters. The third kappa shape index (κ3) is 2.17. The van der Waals surface area contributed by atoms with Crippen molar-refractivity contribution in [1.82, 2.24) is 4.98 Å². The standard InChI is InChI=1S/C21H18N2O2/c24-20-18-15-3-4-16(12-15)19(18)21(25)23(20)17-5-1-13(2-6-17)11-14-7-9-22-10-8-14/h1-10,15-16,18-19H,11-12H2/t15-,16-,18-,19-/m0/s1. The predicted octanol–water partition coefficient (Wildman–Crippen LogP) is 2.98. The summed E-state index contributed by atoms with van der Waals surface area (Å²) in [7, 11) is 0. The fraction of sp³-hybridized carbons (Fsp3) is 0.286. The number of pyridine rings is 1. The number of nitrogens with zero attached hydrogens (tertiary/aromatic N) is 2. The zero-order valence-corrected chi connectivity index (χ0v) is 13.7. The summed E-state index contributed by atoms with van der Waals surface area (Å²) in [6.45, 7) is 0. The van der Waals surface area contributed by atoms with E-state index in [-0.39, 0.29) is 35.5 Å². The quantitative estimate of drug-likeness (QED) is 0.642. The van der Waals surface area contributed by atoms with Crippen LogP contribution in [0.1, 0.15) is 17.5 Å². The van der Waals surface area contributed by atoms with Crippen LogP contribution in [0.5, 0.6) is 0 Å². The molecule has 0 unspecified atom stereocenters. The smallest absolute Gasteiger partial charge is 0.238 e. The Balaban J connectivity index is 1.39. The zero-order valence-electron chi connectivity index (χ0n) is 13.7. The van der Waals surface area contributed by atoms with Crippen LogP contribution in [-0.2, 0) is 16.0 Å². The van der Waals surface area contributed by atoms with E-state index in [0.717, 1.165) is 18.4 Å². The largest absolute Gasteiger partial charge is 0.274 e. The van der Waals surface area contributed by atoms with Crippen molar-refractivity contribution in [1.29, 1.82) is 0 Å². The van der Waals surface area contributed by atoms with Gasteiger partial charge < -0.3 is 0 Å². The highest BCUT2D eigenvalue weighted by Gasteiger charge is 2.59. The Morgan fingerprint density at radius 3 is 2.00 bits per heavy atom. The van der Waals surface area contributed by atoms with E-state index in [1.165, 1.54) is 10.5 Å². The summed E-state index contributed by atoms with van der Waals surface area (Å²) in [5.74, 6) is 0.185. The molecule has 2 aliphatic carbocycles. The first-order valence-corrected chi connectivity index (χ1v) is 8.76. The minimum absolute atomic E-state index is 0.0197. The van der Waals surface area contributed by atoms with Crippen LogP contribution >= 0.6 is 0 Å². The minimum atomic E-state index is -0.140. The number of allylic oxidation sites excluding steroid dienone is 2. The van der Waals surface area contributed by atoms with Crippen LogP contribution < -0.4 is 4.90 Å². The van der Waals surface area contributed by atoms with Gasteiger partial charge in [-0.2, -0.15) is 0 Å². The molecule has 1 saturated heterocycles. The van der Waals surface area contributed by atoms with Crippen molar-refractivity contribution in [3.63, 3.8) is 0 Å². The van der Waals surface area contributed by atoms with Crippen LogP contribution in [0.4, 0.5) is 5.69 Å². The molecule has 4 nitrogen and oxygen atoms in total. The zero-order chi connectivity index (χ0) is 17.0. The van der Waals surface area contributed by atoms with Gasteiger partial charge in [0.1, 0.15) is 0 Å². The van der Waals surface area contributed by atoms with Crippen molar-refractivity contribution in [2.75, 3.05) is 4.90 Å². The summed E-state index contributed by atoms with van der Waals surface area (Å²) in [6.07, 6.45) is 9.59. The molecule has 0 N–H and O–H groups in total. The second kappa shape index (κ2) is 5.38. The first-order chi connectivity index (χ1) is 12.2. The van der Waals surface area contributed by atoms with Gasteiger partial charge in [-0.25, -0.2) is 0 Å². The summed E-state index contributed by atoms with van der Waals surface area (Å²) in [5.41, 5.74) is 3.03. The summed E-state index contributed by atoms with van der Waals surface area (Å²) in [4.78, 5) is 31.1. The van der Waals surface area contributed by atoms with Gasteiger partial charge >= 0.3 is 0 Å². The molecule has 1 aromatic heterocycles. The van der Waals surface area contributed by atoms with Crippen molar-refractivity contribution in [3.05, 3.63) is 72.1 Å². The van der Waals surface area contributed by atoms with Gasteiger partial charge in [-0.15, -0.1) is 0 Å². The topological polar surface area (TPSA) is 50.3 Å². The first-order valence-electron chi connectivity index (χ1n) is 8.76. The SMILES string of the molecule is O=C1[C@@H]2[C@@H](C(=O)N1c1ccc(Cc3ccncc3)cc1)[C@H]1C=C[C@H]2C1. The molecular formula is C21H18N2O2. The number of carbonyl (C=O) groups is 2. The van der Waals surface area contributed by atoms with Gasteiger partial charge in [-0.3, -0.25) is 19.5 Å². The van der Waals surface area contributed by atoms with E-state index < -0.39 is 0 Å². The molecule has 124 valence electrons. The highest BCUT2D eigenvalue weighted by atomic mass is 16.2. The molecule has 0 radical (unpaired) electrons. The van der Waals surface area contributed by atoms with Crippen LogP contribution in [-0.4, -0.2) is 16.8 Å². The van der Waals surface area contributed by atoms with Gasteiger partial charge in [-0.05, 0) is 60.1 Å². The first kappa shape index (κ1) is 14.6. The van der Waals surface area contributed by atoms with E-state index in [0.29, 0.717) is 5.69 Å². The highest BCUT2D eigenvalue weighted by molar-refractivity contribution is 6.22. The molecule has 2 heterocycles. The molecule has 2 aromatic rings. The molecule has 4 heteroatoms. The average Bonchev–Trinajstić information content (AvgIpc) is 3.31. The Hall–Kier alpha value is -2.75. The van der Waals surface area contributed by atoms with Crippen LogP contribution in [0.2, 0.25) is 0 Å². The van der Waals surface area contributed by atoms with Crippen molar-refractivity contribution >= 4 is 17.5 Å². The normalized spacial score (nSPS) is 29.5. The monoisotopic (exact) mass is 330 g/mol. The van der Waals surface area contributed by atoms with Crippen LogP contribution in [0.25, 0.3) is 0 Å². The lowest BCUT2D eigenvalue weighted by Crippen LogP contribution is -2.32. The summed E-state index contributed by atoms with van der Waals surface area (Å²) in [6, 6.07) is 11.8. The molecule has 2 fully saturated rings. The maximum absolute atomic E-state index is 12.8. The molecule has 1 aliphatic heterocycles. The molecule has 0 spiro atoms. The minimum Gasteiger partial charge on any atom is -0.274 e.